The molecule has 1 saturated heterocycles. The van der Waals surface area contributed by atoms with Gasteiger partial charge in [-0.25, -0.2) is 0 Å². The van der Waals surface area contributed by atoms with E-state index < -0.39 is 0 Å². The highest BCUT2D eigenvalue weighted by Crippen LogP contribution is 2.22. The quantitative estimate of drug-likeness (QED) is 0.863. The van der Waals surface area contributed by atoms with Crippen molar-refractivity contribution < 1.29 is 4.79 Å². The Balaban J connectivity index is 1.77. The van der Waals surface area contributed by atoms with Crippen molar-refractivity contribution in [1.82, 2.24) is 15.1 Å². The number of hydrogen-bond donors (Lipinski definition) is 1. The number of aromatic nitrogens is 2. The summed E-state index contributed by atoms with van der Waals surface area (Å²) in [6, 6.07) is 6.11. The van der Waals surface area contributed by atoms with Gasteiger partial charge in [0.25, 0.3) is 0 Å². The van der Waals surface area contributed by atoms with Crippen molar-refractivity contribution in [2.75, 3.05) is 12.4 Å². The highest BCUT2D eigenvalue weighted by molar-refractivity contribution is 6.18. The molecule has 1 aliphatic rings. The lowest BCUT2D eigenvalue weighted by atomic mass is 10.1. The molecule has 1 fully saturated rings. The molecule has 1 unspecified atom stereocenters. The third-order valence-corrected chi connectivity index (χ3v) is 3.83. The predicted molar refractivity (Wildman–Crippen MR) is 70.3 cm³/mol. The van der Waals surface area contributed by atoms with E-state index >= 15 is 0 Å². The standard InChI is InChI=1S/C13H14ClN3O/c14-5-10-4-13(18)17(8-10)7-9-1-2-11-6-15-16-12(11)3-9/h1-3,6,10H,4-5,7-8H2,(H,15,16). The molecule has 1 aromatic heterocycles. The minimum Gasteiger partial charge on any atom is -0.338 e. The van der Waals surface area contributed by atoms with E-state index in [1.165, 1.54) is 0 Å². The summed E-state index contributed by atoms with van der Waals surface area (Å²) in [4.78, 5) is 13.7. The molecule has 1 amide bonds. The van der Waals surface area contributed by atoms with Gasteiger partial charge in [0.15, 0.2) is 0 Å². The van der Waals surface area contributed by atoms with Gasteiger partial charge >= 0.3 is 0 Å². The SMILES string of the molecule is O=C1CC(CCl)CN1Cc1ccc2cn[nH]c2c1. The molecule has 2 aromatic rings. The summed E-state index contributed by atoms with van der Waals surface area (Å²) in [5, 5.41) is 8.02. The Morgan fingerprint density at radius 2 is 2.39 bits per heavy atom. The number of nitrogens with one attached hydrogen (secondary N) is 1. The Bertz CT molecular complexity index is 580. The number of alkyl halides is 1. The molecule has 2 heterocycles. The third-order valence-electron chi connectivity index (χ3n) is 3.39. The first-order valence-corrected chi connectivity index (χ1v) is 6.55. The number of nitrogens with zero attached hydrogens (tertiary/aromatic N) is 2. The molecule has 5 heteroatoms. The van der Waals surface area contributed by atoms with Gasteiger partial charge in [-0.15, -0.1) is 11.6 Å². The molecule has 18 heavy (non-hydrogen) atoms. The molecule has 0 bridgehead atoms. The number of halogens is 1. The zero-order chi connectivity index (χ0) is 12.5. The molecule has 0 saturated carbocycles. The minimum atomic E-state index is 0.199. The molecule has 94 valence electrons. The highest BCUT2D eigenvalue weighted by Gasteiger charge is 2.28. The summed E-state index contributed by atoms with van der Waals surface area (Å²) in [5.74, 6) is 1.06. The number of amides is 1. The Kier molecular flexibility index (Phi) is 2.96. The van der Waals surface area contributed by atoms with E-state index in [0.29, 0.717) is 24.8 Å². The number of rotatable bonds is 3. The van der Waals surface area contributed by atoms with Crippen LogP contribution in [-0.4, -0.2) is 33.4 Å². The van der Waals surface area contributed by atoms with Crippen LogP contribution in [0.1, 0.15) is 12.0 Å². The lowest BCUT2D eigenvalue weighted by Crippen LogP contribution is -2.24. The second-order valence-corrected chi connectivity index (χ2v) is 5.10. The van der Waals surface area contributed by atoms with E-state index in [4.69, 9.17) is 11.6 Å². The Morgan fingerprint density at radius 3 is 3.17 bits per heavy atom. The van der Waals surface area contributed by atoms with Crippen molar-refractivity contribution in [2.24, 2.45) is 5.92 Å². The van der Waals surface area contributed by atoms with Crippen LogP contribution in [-0.2, 0) is 11.3 Å². The van der Waals surface area contributed by atoms with Crippen molar-refractivity contribution in [1.29, 1.82) is 0 Å². The fraction of sp³-hybridized carbons (Fsp3) is 0.385. The minimum absolute atomic E-state index is 0.199. The van der Waals surface area contributed by atoms with Crippen LogP contribution < -0.4 is 0 Å². The Hall–Kier alpha value is -1.55. The Labute approximate surface area is 110 Å². The zero-order valence-electron chi connectivity index (χ0n) is 9.90. The topological polar surface area (TPSA) is 49.0 Å². The maximum absolute atomic E-state index is 11.8. The molecule has 0 radical (unpaired) electrons. The molecule has 0 spiro atoms. The Morgan fingerprint density at radius 1 is 1.50 bits per heavy atom. The number of carbonyl (C=O) groups is 1. The van der Waals surface area contributed by atoms with Gasteiger partial charge in [0, 0.05) is 30.8 Å². The van der Waals surface area contributed by atoms with Crippen LogP contribution >= 0.6 is 11.6 Å². The van der Waals surface area contributed by atoms with Crippen LogP contribution in [0.2, 0.25) is 0 Å². The van der Waals surface area contributed by atoms with Crippen molar-refractivity contribution in [2.45, 2.75) is 13.0 Å². The van der Waals surface area contributed by atoms with Crippen molar-refractivity contribution in [3.8, 4) is 0 Å². The van der Waals surface area contributed by atoms with Gasteiger partial charge < -0.3 is 4.90 Å². The van der Waals surface area contributed by atoms with Crippen LogP contribution in [0.3, 0.4) is 0 Å². The van der Waals surface area contributed by atoms with Gasteiger partial charge in [0.1, 0.15) is 0 Å². The van der Waals surface area contributed by atoms with Crippen LogP contribution in [0.5, 0.6) is 0 Å². The van der Waals surface area contributed by atoms with Crippen molar-refractivity contribution >= 4 is 28.4 Å². The van der Waals surface area contributed by atoms with Crippen molar-refractivity contribution in [3.05, 3.63) is 30.0 Å². The second-order valence-electron chi connectivity index (χ2n) is 4.79. The maximum Gasteiger partial charge on any atom is 0.223 e. The molecule has 3 rings (SSSR count). The molecular formula is C13H14ClN3O. The summed E-state index contributed by atoms with van der Waals surface area (Å²) in [7, 11) is 0. The average molecular weight is 264 g/mol. The summed E-state index contributed by atoms with van der Waals surface area (Å²) in [6.07, 6.45) is 2.37. The predicted octanol–water partition coefficient (Wildman–Crippen LogP) is 2.15. The number of H-pyrrole nitrogens is 1. The molecule has 1 atom stereocenters. The molecule has 1 N–H and O–H groups in total. The van der Waals surface area contributed by atoms with Crippen molar-refractivity contribution in [3.63, 3.8) is 0 Å². The monoisotopic (exact) mass is 263 g/mol. The van der Waals surface area contributed by atoms with E-state index in [0.717, 1.165) is 23.0 Å². The summed E-state index contributed by atoms with van der Waals surface area (Å²) >= 11 is 5.81. The fourth-order valence-corrected chi connectivity index (χ4v) is 2.62. The molecule has 1 aliphatic heterocycles. The zero-order valence-corrected chi connectivity index (χ0v) is 10.7. The number of likely N-dealkylation sites (tertiary alicyclic amines) is 1. The molecule has 0 aliphatic carbocycles. The summed E-state index contributed by atoms with van der Waals surface area (Å²) in [5.41, 5.74) is 2.13. The van der Waals surface area contributed by atoms with E-state index in [-0.39, 0.29) is 5.91 Å². The van der Waals surface area contributed by atoms with E-state index in [2.05, 4.69) is 10.2 Å². The summed E-state index contributed by atoms with van der Waals surface area (Å²) in [6.45, 7) is 1.42. The molecular weight excluding hydrogens is 250 g/mol. The highest BCUT2D eigenvalue weighted by atomic mass is 35.5. The van der Waals surface area contributed by atoms with Crippen LogP contribution in [0.25, 0.3) is 10.9 Å². The van der Waals surface area contributed by atoms with Crippen LogP contribution in [0, 0.1) is 5.92 Å². The lowest BCUT2D eigenvalue weighted by Gasteiger charge is -2.16. The first-order chi connectivity index (χ1) is 8.76. The van der Waals surface area contributed by atoms with Gasteiger partial charge in [-0.3, -0.25) is 9.89 Å². The van der Waals surface area contributed by atoms with Gasteiger partial charge in [-0.05, 0) is 17.5 Å². The average Bonchev–Trinajstić information content (AvgIpc) is 2.96. The largest absolute Gasteiger partial charge is 0.338 e. The lowest BCUT2D eigenvalue weighted by molar-refractivity contribution is -0.128. The first-order valence-electron chi connectivity index (χ1n) is 6.02. The fourth-order valence-electron chi connectivity index (χ4n) is 2.41. The third kappa shape index (κ3) is 2.08. The second kappa shape index (κ2) is 4.61. The normalized spacial score (nSPS) is 19.9. The maximum atomic E-state index is 11.8. The van der Waals surface area contributed by atoms with Crippen LogP contribution in [0.15, 0.2) is 24.4 Å². The number of hydrogen-bond acceptors (Lipinski definition) is 2. The van der Waals surface area contributed by atoms with Gasteiger partial charge in [-0.1, -0.05) is 12.1 Å². The smallest absolute Gasteiger partial charge is 0.223 e. The summed E-state index contributed by atoms with van der Waals surface area (Å²) < 4.78 is 0. The number of aromatic amines is 1. The van der Waals surface area contributed by atoms with Gasteiger partial charge in [-0.2, -0.15) is 5.10 Å². The van der Waals surface area contributed by atoms with E-state index in [9.17, 15) is 4.79 Å². The van der Waals surface area contributed by atoms with Gasteiger partial charge in [0.2, 0.25) is 5.91 Å². The number of carbonyl (C=O) groups excluding carboxylic acids is 1. The van der Waals surface area contributed by atoms with Gasteiger partial charge in [0.05, 0.1) is 11.7 Å². The van der Waals surface area contributed by atoms with E-state index in [1.54, 1.807) is 6.20 Å². The number of benzene rings is 1. The molecule has 1 aromatic carbocycles. The van der Waals surface area contributed by atoms with E-state index in [1.807, 2.05) is 23.1 Å². The molecule has 4 nitrogen and oxygen atoms in total. The number of fused-ring (bicyclic) bond motifs is 1. The first kappa shape index (κ1) is 11.5. The van der Waals surface area contributed by atoms with Crippen LogP contribution in [0.4, 0.5) is 0 Å².